The lowest BCUT2D eigenvalue weighted by molar-refractivity contribution is -0.385. The van der Waals surface area contributed by atoms with E-state index in [1.54, 1.807) is 4.90 Å². The Hall–Kier alpha value is -2.31. The standard InChI is InChI=1S/C14H16N2O5/c17-14(15-4-1-2-5-15)11-8-10(16(18)19)9-12-13(11)21-7-3-6-20-12/h8-9H,1-7H2. The van der Waals surface area contributed by atoms with Crippen LogP contribution in [0, 0.1) is 10.1 Å². The van der Waals surface area contributed by atoms with E-state index < -0.39 is 4.92 Å². The van der Waals surface area contributed by atoms with Gasteiger partial charge in [0, 0.05) is 25.6 Å². The lowest BCUT2D eigenvalue weighted by atomic mass is 10.1. The van der Waals surface area contributed by atoms with Gasteiger partial charge in [0.15, 0.2) is 11.5 Å². The van der Waals surface area contributed by atoms with Gasteiger partial charge in [0.2, 0.25) is 0 Å². The molecule has 0 aromatic heterocycles. The summed E-state index contributed by atoms with van der Waals surface area (Å²) < 4.78 is 11.1. The quantitative estimate of drug-likeness (QED) is 0.615. The van der Waals surface area contributed by atoms with Gasteiger partial charge in [-0.3, -0.25) is 14.9 Å². The van der Waals surface area contributed by atoms with Gasteiger partial charge >= 0.3 is 0 Å². The molecule has 21 heavy (non-hydrogen) atoms. The van der Waals surface area contributed by atoms with Gasteiger partial charge in [-0.2, -0.15) is 0 Å². The third-order valence-electron chi connectivity index (χ3n) is 3.67. The molecule has 112 valence electrons. The molecule has 0 unspecified atom stereocenters. The van der Waals surface area contributed by atoms with Crippen LogP contribution >= 0.6 is 0 Å². The van der Waals surface area contributed by atoms with Crippen LogP contribution in [-0.4, -0.2) is 42.0 Å². The van der Waals surface area contributed by atoms with Crippen LogP contribution in [0.25, 0.3) is 0 Å². The minimum absolute atomic E-state index is 0.151. The maximum atomic E-state index is 12.6. The maximum absolute atomic E-state index is 12.6. The number of carbonyl (C=O) groups is 1. The molecule has 2 aliphatic heterocycles. The van der Waals surface area contributed by atoms with Gasteiger partial charge in [0.05, 0.1) is 29.8 Å². The van der Waals surface area contributed by atoms with Gasteiger partial charge < -0.3 is 14.4 Å². The maximum Gasteiger partial charge on any atom is 0.274 e. The van der Waals surface area contributed by atoms with E-state index in [0.29, 0.717) is 38.5 Å². The Labute approximate surface area is 121 Å². The molecule has 7 nitrogen and oxygen atoms in total. The van der Waals surface area contributed by atoms with E-state index in [-0.39, 0.29) is 22.9 Å². The summed E-state index contributed by atoms with van der Waals surface area (Å²) >= 11 is 0. The molecule has 1 amide bonds. The molecular weight excluding hydrogens is 276 g/mol. The molecule has 1 fully saturated rings. The van der Waals surface area contributed by atoms with Crippen LogP contribution in [0.15, 0.2) is 12.1 Å². The fourth-order valence-electron chi connectivity index (χ4n) is 2.61. The SMILES string of the molecule is O=C(c1cc([N+](=O)[O-])cc2c1OCCCO2)N1CCCC1. The second-order valence-corrected chi connectivity index (χ2v) is 5.13. The minimum atomic E-state index is -0.519. The van der Waals surface area contributed by atoms with Gasteiger partial charge in [-0.1, -0.05) is 0 Å². The van der Waals surface area contributed by atoms with Crippen molar-refractivity contribution in [3.8, 4) is 11.5 Å². The molecule has 7 heteroatoms. The Morgan fingerprint density at radius 1 is 1.14 bits per heavy atom. The molecule has 0 atom stereocenters. The molecular formula is C14H16N2O5. The average molecular weight is 292 g/mol. The summed E-state index contributed by atoms with van der Waals surface area (Å²) in [6, 6.07) is 2.61. The number of nitro benzene ring substituents is 1. The molecule has 0 saturated carbocycles. The second-order valence-electron chi connectivity index (χ2n) is 5.13. The van der Waals surface area contributed by atoms with Crippen molar-refractivity contribution in [3.05, 3.63) is 27.8 Å². The van der Waals surface area contributed by atoms with Gasteiger partial charge in [-0.05, 0) is 12.8 Å². The first-order valence-corrected chi connectivity index (χ1v) is 7.04. The normalized spacial score (nSPS) is 17.4. The molecule has 0 bridgehead atoms. The Kier molecular flexibility index (Phi) is 3.64. The zero-order valence-corrected chi connectivity index (χ0v) is 11.5. The molecule has 0 N–H and O–H groups in total. The number of hydrogen-bond acceptors (Lipinski definition) is 5. The van der Waals surface area contributed by atoms with Crippen molar-refractivity contribution in [2.24, 2.45) is 0 Å². The first-order chi connectivity index (χ1) is 10.2. The second kappa shape index (κ2) is 5.59. The molecule has 0 aliphatic carbocycles. The van der Waals surface area contributed by atoms with Crippen LogP contribution in [0.3, 0.4) is 0 Å². The van der Waals surface area contributed by atoms with E-state index >= 15 is 0 Å². The Bertz CT molecular complexity index is 581. The molecule has 2 heterocycles. The Morgan fingerprint density at radius 2 is 1.86 bits per heavy atom. The predicted molar refractivity (Wildman–Crippen MR) is 73.8 cm³/mol. The number of rotatable bonds is 2. The van der Waals surface area contributed by atoms with Crippen molar-refractivity contribution in [2.45, 2.75) is 19.3 Å². The summed E-state index contributed by atoms with van der Waals surface area (Å²) in [4.78, 5) is 24.8. The van der Waals surface area contributed by atoms with Crippen molar-refractivity contribution >= 4 is 11.6 Å². The van der Waals surface area contributed by atoms with Crippen LogP contribution in [0.1, 0.15) is 29.6 Å². The molecule has 1 aromatic rings. The number of benzene rings is 1. The zero-order chi connectivity index (χ0) is 14.8. The summed E-state index contributed by atoms with van der Waals surface area (Å²) in [5, 5.41) is 11.1. The summed E-state index contributed by atoms with van der Waals surface area (Å²) in [7, 11) is 0. The van der Waals surface area contributed by atoms with Crippen LogP contribution in [0.5, 0.6) is 11.5 Å². The van der Waals surface area contributed by atoms with Gasteiger partial charge in [-0.25, -0.2) is 0 Å². The first-order valence-electron chi connectivity index (χ1n) is 7.04. The van der Waals surface area contributed by atoms with Crippen molar-refractivity contribution in [1.29, 1.82) is 0 Å². The fraction of sp³-hybridized carbons (Fsp3) is 0.500. The Morgan fingerprint density at radius 3 is 2.57 bits per heavy atom. The number of non-ortho nitro benzene ring substituents is 1. The smallest absolute Gasteiger partial charge is 0.274 e. The lowest BCUT2D eigenvalue weighted by Gasteiger charge is -2.18. The highest BCUT2D eigenvalue weighted by atomic mass is 16.6. The predicted octanol–water partition coefficient (Wildman–Crippen LogP) is 1.99. The van der Waals surface area contributed by atoms with E-state index in [1.165, 1.54) is 12.1 Å². The molecule has 2 aliphatic rings. The topological polar surface area (TPSA) is 81.9 Å². The summed E-state index contributed by atoms with van der Waals surface area (Å²) in [5.41, 5.74) is 0.0739. The number of likely N-dealkylation sites (tertiary alicyclic amines) is 1. The molecule has 1 aromatic carbocycles. The van der Waals surface area contributed by atoms with Crippen LogP contribution in [0.2, 0.25) is 0 Å². The zero-order valence-electron chi connectivity index (χ0n) is 11.5. The third-order valence-corrected chi connectivity index (χ3v) is 3.67. The first kappa shape index (κ1) is 13.7. The monoisotopic (exact) mass is 292 g/mol. The highest BCUT2D eigenvalue weighted by molar-refractivity contribution is 5.98. The van der Waals surface area contributed by atoms with E-state index in [4.69, 9.17) is 9.47 Å². The number of nitro groups is 1. The third kappa shape index (κ3) is 2.63. The van der Waals surface area contributed by atoms with Crippen molar-refractivity contribution in [3.63, 3.8) is 0 Å². The summed E-state index contributed by atoms with van der Waals surface area (Å²) in [5.74, 6) is 0.386. The lowest BCUT2D eigenvalue weighted by Crippen LogP contribution is -2.28. The molecule has 1 saturated heterocycles. The largest absolute Gasteiger partial charge is 0.489 e. The highest BCUT2D eigenvalue weighted by Crippen LogP contribution is 2.38. The number of fused-ring (bicyclic) bond motifs is 1. The van der Waals surface area contributed by atoms with E-state index in [2.05, 4.69) is 0 Å². The number of hydrogen-bond donors (Lipinski definition) is 0. The van der Waals surface area contributed by atoms with Crippen molar-refractivity contribution in [1.82, 2.24) is 4.90 Å². The molecule has 0 spiro atoms. The van der Waals surface area contributed by atoms with Crippen molar-refractivity contribution in [2.75, 3.05) is 26.3 Å². The average Bonchev–Trinajstić information content (AvgIpc) is 2.90. The summed E-state index contributed by atoms with van der Waals surface area (Å²) in [6.45, 7) is 2.21. The van der Waals surface area contributed by atoms with Gasteiger partial charge in [0.1, 0.15) is 0 Å². The minimum Gasteiger partial charge on any atom is -0.489 e. The number of nitrogens with zero attached hydrogens (tertiary/aromatic N) is 2. The number of amides is 1. The van der Waals surface area contributed by atoms with Crippen molar-refractivity contribution < 1.29 is 19.2 Å². The van der Waals surface area contributed by atoms with Gasteiger partial charge in [0.25, 0.3) is 11.6 Å². The Balaban J connectivity index is 2.05. The van der Waals surface area contributed by atoms with Crippen LogP contribution < -0.4 is 9.47 Å². The van der Waals surface area contributed by atoms with E-state index in [0.717, 1.165) is 12.8 Å². The van der Waals surface area contributed by atoms with Crippen LogP contribution in [0.4, 0.5) is 5.69 Å². The summed E-state index contributed by atoms with van der Waals surface area (Å²) in [6.07, 6.45) is 2.60. The van der Waals surface area contributed by atoms with E-state index in [9.17, 15) is 14.9 Å². The molecule has 3 rings (SSSR count). The fourth-order valence-corrected chi connectivity index (χ4v) is 2.61. The number of carbonyl (C=O) groups excluding carboxylic acids is 1. The highest BCUT2D eigenvalue weighted by Gasteiger charge is 2.28. The van der Waals surface area contributed by atoms with Crippen LogP contribution in [-0.2, 0) is 0 Å². The molecule has 0 radical (unpaired) electrons. The van der Waals surface area contributed by atoms with E-state index in [1.807, 2.05) is 0 Å². The number of ether oxygens (including phenoxy) is 2. The van der Waals surface area contributed by atoms with Gasteiger partial charge in [-0.15, -0.1) is 0 Å².